The van der Waals surface area contributed by atoms with E-state index in [1.165, 1.54) is 38.9 Å². The molecule has 32 heavy (non-hydrogen) atoms. The van der Waals surface area contributed by atoms with Crippen LogP contribution in [0.3, 0.4) is 0 Å². The van der Waals surface area contributed by atoms with E-state index in [0.29, 0.717) is 0 Å². The molecule has 0 amide bonds. The Kier molecular flexibility index (Phi) is 6.56. The smallest absolute Gasteiger partial charge is 0.227 e. The Balaban J connectivity index is 0.00000245. The van der Waals surface area contributed by atoms with Crippen LogP contribution in [0, 0.1) is 6.92 Å². The number of nitrogens with zero attached hydrogens (tertiary/aromatic N) is 1. The molecule has 0 N–H and O–H groups in total. The third-order valence-corrected chi connectivity index (χ3v) is 5.82. The summed E-state index contributed by atoms with van der Waals surface area (Å²) in [5.74, 6) is 0.854. The lowest BCUT2D eigenvalue weighted by Crippen LogP contribution is -3.00. The van der Waals surface area contributed by atoms with Gasteiger partial charge in [0.2, 0.25) is 11.4 Å². The molecule has 0 atom stereocenters. The van der Waals surface area contributed by atoms with E-state index >= 15 is 0 Å². The Morgan fingerprint density at radius 1 is 0.594 bits per heavy atom. The lowest BCUT2D eigenvalue weighted by atomic mass is 9.92. The van der Waals surface area contributed by atoms with E-state index in [4.69, 9.17) is 4.74 Å². The first-order chi connectivity index (χ1) is 15.3. The second kappa shape index (κ2) is 9.53. The number of aromatic nitrogens is 1. The maximum atomic E-state index is 5.40. The number of pyridine rings is 1. The van der Waals surface area contributed by atoms with Gasteiger partial charge in [-0.25, -0.2) is 0 Å². The van der Waals surface area contributed by atoms with Crippen LogP contribution in [-0.4, -0.2) is 7.11 Å². The van der Waals surface area contributed by atoms with Crippen molar-refractivity contribution < 1.29 is 33.3 Å². The second-order valence-electron chi connectivity index (χ2n) is 7.62. The number of halogens is 1. The molecule has 158 valence electrons. The zero-order chi connectivity index (χ0) is 21.2. The minimum atomic E-state index is 0. The molecule has 0 unspecified atom stereocenters. The summed E-state index contributed by atoms with van der Waals surface area (Å²) in [6.07, 6.45) is 0. The first-order valence-corrected chi connectivity index (χ1v) is 10.5. The number of ether oxygens (including phenoxy) is 1. The highest BCUT2D eigenvalue weighted by atomic mass is 127. The van der Waals surface area contributed by atoms with Crippen LogP contribution < -0.4 is 33.3 Å². The monoisotopic (exact) mass is 529 g/mol. The summed E-state index contributed by atoms with van der Waals surface area (Å²) in [7, 11) is 1.70. The summed E-state index contributed by atoms with van der Waals surface area (Å²) in [5.41, 5.74) is 7.14. The van der Waals surface area contributed by atoms with Gasteiger partial charge in [-0.1, -0.05) is 66.7 Å². The van der Waals surface area contributed by atoms with Gasteiger partial charge in [0.1, 0.15) is 5.75 Å². The molecule has 0 radical (unpaired) electrons. The third-order valence-electron chi connectivity index (χ3n) is 5.82. The molecule has 5 aromatic rings. The van der Waals surface area contributed by atoms with Gasteiger partial charge in [0.15, 0.2) is 5.69 Å². The fraction of sp³-hybridized carbons (Fsp3) is 0.0690. The van der Waals surface area contributed by atoms with Crippen LogP contribution in [0.15, 0.2) is 109 Å². The van der Waals surface area contributed by atoms with E-state index in [0.717, 1.165) is 11.4 Å². The molecular formula is C29H24INO. The van der Waals surface area contributed by atoms with Crippen molar-refractivity contribution in [1.82, 2.24) is 0 Å². The zero-order valence-electron chi connectivity index (χ0n) is 18.1. The van der Waals surface area contributed by atoms with E-state index in [-0.39, 0.29) is 24.0 Å². The van der Waals surface area contributed by atoms with Crippen molar-refractivity contribution in [2.75, 3.05) is 7.11 Å². The van der Waals surface area contributed by atoms with Gasteiger partial charge in [0.05, 0.1) is 12.7 Å². The molecule has 0 aliphatic heterocycles. The minimum absolute atomic E-state index is 0. The van der Waals surface area contributed by atoms with Gasteiger partial charge in [-0.2, -0.15) is 4.57 Å². The van der Waals surface area contributed by atoms with Gasteiger partial charge in [0, 0.05) is 35.4 Å². The fourth-order valence-electron chi connectivity index (χ4n) is 4.36. The van der Waals surface area contributed by atoms with Crippen LogP contribution in [0.4, 0.5) is 0 Å². The van der Waals surface area contributed by atoms with Gasteiger partial charge in [0.25, 0.3) is 0 Å². The Morgan fingerprint density at radius 2 is 1.12 bits per heavy atom. The fourth-order valence-corrected chi connectivity index (χ4v) is 4.36. The molecular weight excluding hydrogens is 505 g/mol. The summed E-state index contributed by atoms with van der Waals surface area (Å²) in [4.78, 5) is 0. The van der Waals surface area contributed by atoms with Crippen LogP contribution in [0.1, 0.15) is 5.69 Å². The van der Waals surface area contributed by atoms with Crippen LogP contribution in [-0.2, 0) is 0 Å². The molecule has 0 spiro atoms. The number of benzene rings is 4. The lowest BCUT2D eigenvalue weighted by molar-refractivity contribution is -0.588. The van der Waals surface area contributed by atoms with E-state index in [1.54, 1.807) is 7.11 Å². The maximum absolute atomic E-state index is 5.40. The SMILES string of the molecule is COc1ccc(-[n+]2c(-c3ccccc3)c(-c3ccccc3)c3ccccc3c2C)cc1.[I-]. The molecule has 5 rings (SSSR count). The van der Waals surface area contributed by atoms with Crippen molar-refractivity contribution >= 4 is 10.8 Å². The number of rotatable bonds is 4. The van der Waals surface area contributed by atoms with Gasteiger partial charge < -0.3 is 28.7 Å². The molecule has 1 heterocycles. The highest BCUT2D eigenvalue weighted by Crippen LogP contribution is 2.37. The van der Waals surface area contributed by atoms with Gasteiger partial charge in [-0.05, 0) is 35.9 Å². The van der Waals surface area contributed by atoms with Crippen LogP contribution in [0.25, 0.3) is 38.8 Å². The molecule has 3 heteroatoms. The number of methoxy groups -OCH3 is 1. The third kappa shape index (κ3) is 3.89. The topological polar surface area (TPSA) is 13.1 Å². The Labute approximate surface area is 206 Å². The highest BCUT2D eigenvalue weighted by Gasteiger charge is 2.28. The highest BCUT2D eigenvalue weighted by molar-refractivity contribution is 6.02. The number of hydrogen-bond donors (Lipinski definition) is 0. The quantitative estimate of drug-likeness (QED) is 0.255. The predicted molar refractivity (Wildman–Crippen MR) is 128 cm³/mol. The molecule has 1 aromatic heterocycles. The van der Waals surface area contributed by atoms with Crippen molar-refractivity contribution in [1.29, 1.82) is 0 Å². The first-order valence-electron chi connectivity index (χ1n) is 10.5. The Morgan fingerprint density at radius 3 is 1.72 bits per heavy atom. The van der Waals surface area contributed by atoms with Crippen molar-refractivity contribution in [3.63, 3.8) is 0 Å². The van der Waals surface area contributed by atoms with E-state index in [9.17, 15) is 0 Å². The number of hydrogen-bond acceptors (Lipinski definition) is 1. The average Bonchev–Trinajstić information content (AvgIpc) is 2.85. The van der Waals surface area contributed by atoms with Gasteiger partial charge in [-0.3, -0.25) is 0 Å². The summed E-state index contributed by atoms with van der Waals surface area (Å²) >= 11 is 0. The molecule has 0 aliphatic carbocycles. The van der Waals surface area contributed by atoms with Crippen molar-refractivity contribution in [2.24, 2.45) is 0 Å². The average molecular weight is 529 g/mol. The summed E-state index contributed by atoms with van der Waals surface area (Å²) in [6.45, 7) is 2.20. The zero-order valence-corrected chi connectivity index (χ0v) is 20.3. The Bertz CT molecular complexity index is 1350. The lowest BCUT2D eigenvalue weighted by Gasteiger charge is -2.16. The summed E-state index contributed by atoms with van der Waals surface area (Å²) < 4.78 is 7.78. The van der Waals surface area contributed by atoms with Crippen LogP contribution in [0.5, 0.6) is 5.75 Å². The van der Waals surface area contributed by atoms with Crippen molar-refractivity contribution in [3.8, 4) is 33.8 Å². The molecule has 4 aromatic carbocycles. The van der Waals surface area contributed by atoms with Gasteiger partial charge in [-0.15, -0.1) is 0 Å². The molecule has 0 bridgehead atoms. The van der Waals surface area contributed by atoms with Crippen LogP contribution >= 0.6 is 0 Å². The standard InChI is InChI=1S/C29H24NO.HI/c1-21-26-15-9-10-16-27(26)28(22-11-5-3-6-12-22)29(23-13-7-4-8-14-23)30(21)24-17-19-25(31-2)20-18-24;/h3-20H,1-2H3;1H/q+1;/p-1. The molecule has 2 nitrogen and oxygen atoms in total. The van der Waals surface area contributed by atoms with Crippen molar-refractivity contribution in [3.05, 3.63) is 115 Å². The number of fused-ring (bicyclic) bond motifs is 1. The molecule has 0 saturated heterocycles. The minimum Gasteiger partial charge on any atom is -1.00 e. The van der Waals surface area contributed by atoms with E-state index in [2.05, 4.69) is 109 Å². The summed E-state index contributed by atoms with van der Waals surface area (Å²) in [5, 5.41) is 2.51. The van der Waals surface area contributed by atoms with E-state index in [1.807, 2.05) is 12.1 Å². The predicted octanol–water partition coefficient (Wildman–Crippen LogP) is 3.77. The van der Waals surface area contributed by atoms with Crippen LogP contribution in [0.2, 0.25) is 0 Å². The normalized spacial score (nSPS) is 10.6. The molecule has 0 saturated carbocycles. The summed E-state index contributed by atoms with van der Waals surface area (Å²) in [6, 6.07) is 38.3. The maximum Gasteiger partial charge on any atom is 0.227 e. The molecule has 0 aliphatic rings. The largest absolute Gasteiger partial charge is 1.00 e. The molecule has 0 fully saturated rings. The second-order valence-corrected chi connectivity index (χ2v) is 7.62. The Hall–Kier alpha value is -3.18. The number of aryl methyl sites for hydroxylation is 1. The van der Waals surface area contributed by atoms with Gasteiger partial charge >= 0.3 is 0 Å². The van der Waals surface area contributed by atoms with Crippen molar-refractivity contribution in [2.45, 2.75) is 6.92 Å². The first kappa shape index (κ1) is 22.0. The van der Waals surface area contributed by atoms with E-state index < -0.39 is 0 Å².